The lowest BCUT2D eigenvalue weighted by Crippen LogP contribution is -2.36. The minimum absolute atomic E-state index is 0.0316. The smallest absolute Gasteiger partial charge is 0.244 e. The number of hydroxylamine groups is 1. The van der Waals surface area contributed by atoms with Gasteiger partial charge in [0.25, 0.3) is 0 Å². The molecule has 0 spiro atoms. The van der Waals surface area contributed by atoms with Crippen molar-refractivity contribution in [2.24, 2.45) is 0 Å². The summed E-state index contributed by atoms with van der Waals surface area (Å²) in [6, 6.07) is 13.7. The molecule has 140 valence electrons. The molecule has 0 aromatic heterocycles. The fraction of sp³-hybridized carbons (Fsp3) is 0.278. The summed E-state index contributed by atoms with van der Waals surface area (Å²) in [7, 11) is -3.75. The molecule has 6 nitrogen and oxygen atoms in total. The molecule has 8 heteroatoms. The second kappa shape index (κ2) is 9.14. The first-order chi connectivity index (χ1) is 12.3. The van der Waals surface area contributed by atoms with Crippen LogP contribution in [0.4, 0.5) is 0 Å². The van der Waals surface area contributed by atoms with Crippen LogP contribution in [0.3, 0.4) is 0 Å². The second-order valence-corrected chi connectivity index (χ2v) is 8.25. The average molecular weight is 397 g/mol. The number of carbonyl (C=O) groups is 1. The number of nitrogens with one attached hydrogen (secondary N) is 1. The Balaban J connectivity index is 2.19. The predicted octanol–water partition coefficient (Wildman–Crippen LogP) is 2.78. The molecule has 0 aliphatic rings. The number of nitrogens with zero attached hydrogens (tertiary/aromatic N) is 1. The van der Waals surface area contributed by atoms with Gasteiger partial charge in [-0.2, -0.15) is 4.31 Å². The Morgan fingerprint density at radius 3 is 2.27 bits per heavy atom. The Morgan fingerprint density at radius 1 is 1.08 bits per heavy atom. The zero-order valence-electron chi connectivity index (χ0n) is 14.4. The van der Waals surface area contributed by atoms with Crippen LogP contribution in [-0.2, 0) is 21.2 Å². The highest BCUT2D eigenvalue weighted by Crippen LogP contribution is 2.18. The van der Waals surface area contributed by atoms with Crippen molar-refractivity contribution in [2.75, 3.05) is 13.1 Å². The standard InChI is InChI=1S/C18H21ClN2O4S/c1-14-2-8-17(9-3-14)26(24,25)21(13-11-18(22)20-23)12-10-15-4-6-16(19)7-5-15/h2-9,23H,10-13H2,1H3,(H,20,22). The second-order valence-electron chi connectivity index (χ2n) is 5.88. The molecule has 1 amide bonds. The van der Waals surface area contributed by atoms with Gasteiger partial charge in [-0.3, -0.25) is 10.0 Å². The van der Waals surface area contributed by atoms with E-state index in [9.17, 15) is 13.2 Å². The van der Waals surface area contributed by atoms with Crippen LogP contribution < -0.4 is 5.48 Å². The third kappa shape index (κ3) is 5.54. The van der Waals surface area contributed by atoms with Crippen LogP contribution in [0, 0.1) is 6.92 Å². The Kier molecular flexibility index (Phi) is 7.16. The van der Waals surface area contributed by atoms with Gasteiger partial charge in [-0.1, -0.05) is 41.4 Å². The fourth-order valence-electron chi connectivity index (χ4n) is 2.40. The van der Waals surface area contributed by atoms with E-state index in [1.165, 1.54) is 9.79 Å². The van der Waals surface area contributed by atoms with Crippen molar-refractivity contribution >= 4 is 27.5 Å². The highest BCUT2D eigenvalue weighted by molar-refractivity contribution is 7.89. The van der Waals surface area contributed by atoms with Crippen molar-refractivity contribution in [3.05, 3.63) is 64.7 Å². The first-order valence-corrected chi connectivity index (χ1v) is 9.89. The highest BCUT2D eigenvalue weighted by atomic mass is 35.5. The number of hydrogen-bond acceptors (Lipinski definition) is 4. The predicted molar refractivity (Wildman–Crippen MR) is 99.6 cm³/mol. The van der Waals surface area contributed by atoms with Crippen LogP contribution in [0.25, 0.3) is 0 Å². The summed E-state index contributed by atoms with van der Waals surface area (Å²) in [5, 5.41) is 9.26. The SMILES string of the molecule is Cc1ccc(S(=O)(=O)N(CCC(=O)NO)CCc2ccc(Cl)cc2)cc1. The van der Waals surface area contributed by atoms with Crippen LogP contribution in [0.5, 0.6) is 0 Å². The number of carbonyl (C=O) groups excluding carboxylic acids is 1. The van der Waals surface area contributed by atoms with E-state index in [1.807, 2.05) is 19.1 Å². The molecule has 2 rings (SSSR count). The molecular formula is C18H21ClN2O4S. The minimum Gasteiger partial charge on any atom is -0.289 e. The maximum atomic E-state index is 12.9. The summed E-state index contributed by atoms with van der Waals surface area (Å²) in [5.74, 6) is -0.638. The molecule has 2 aromatic carbocycles. The topological polar surface area (TPSA) is 86.7 Å². The van der Waals surface area contributed by atoms with E-state index < -0.39 is 15.9 Å². The Labute approximate surface area is 158 Å². The van der Waals surface area contributed by atoms with Gasteiger partial charge in [-0.25, -0.2) is 13.9 Å². The third-order valence-electron chi connectivity index (χ3n) is 3.93. The van der Waals surface area contributed by atoms with Gasteiger partial charge in [0.2, 0.25) is 15.9 Å². The van der Waals surface area contributed by atoms with E-state index in [1.54, 1.807) is 36.4 Å². The molecule has 0 saturated carbocycles. The number of rotatable bonds is 8. The van der Waals surface area contributed by atoms with E-state index >= 15 is 0 Å². The van der Waals surface area contributed by atoms with Gasteiger partial charge in [-0.15, -0.1) is 0 Å². The molecule has 0 unspecified atom stereocenters. The quantitative estimate of drug-likeness (QED) is 0.530. The van der Waals surface area contributed by atoms with Gasteiger partial charge in [0.05, 0.1) is 4.90 Å². The van der Waals surface area contributed by atoms with Crippen molar-refractivity contribution < 1.29 is 18.4 Å². The van der Waals surface area contributed by atoms with Crippen molar-refractivity contribution in [3.8, 4) is 0 Å². The van der Waals surface area contributed by atoms with Crippen molar-refractivity contribution in [1.29, 1.82) is 0 Å². The monoisotopic (exact) mass is 396 g/mol. The molecule has 2 aromatic rings. The Bertz CT molecular complexity index is 836. The highest BCUT2D eigenvalue weighted by Gasteiger charge is 2.24. The van der Waals surface area contributed by atoms with Crippen molar-refractivity contribution in [1.82, 2.24) is 9.79 Å². The van der Waals surface area contributed by atoms with Crippen LogP contribution in [0.2, 0.25) is 5.02 Å². The summed E-state index contributed by atoms with van der Waals surface area (Å²) >= 11 is 5.87. The number of amides is 1. The number of hydrogen-bond donors (Lipinski definition) is 2. The molecule has 0 atom stereocenters. The van der Waals surface area contributed by atoms with Gasteiger partial charge in [-0.05, 0) is 43.2 Å². The van der Waals surface area contributed by atoms with E-state index in [4.69, 9.17) is 16.8 Å². The number of benzene rings is 2. The van der Waals surface area contributed by atoms with E-state index in [-0.39, 0.29) is 24.4 Å². The van der Waals surface area contributed by atoms with Gasteiger partial charge < -0.3 is 0 Å². The largest absolute Gasteiger partial charge is 0.289 e. The maximum absolute atomic E-state index is 12.9. The van der Waals surface area contributed by atoms with Crippen molar-refractivity contribution in [3.63, 3.8) is 0 Å². The van der Waals surface area contributed by atoms with E-state index in [0.717, 1.165) is 11.1 Å². The molecule has 0 bridgehead atoms. The zero-order valence-corrected chi connectivity index (χ0v) is 15.9. The first-order valence-electron chi connectivity index (χ1n) is 8.07. The lowest BCUT2D eigenvalue weighted by Gasteiger charge is -2.22. The number of sulfonamides is 1. The molecule has 26 heavy (non-hydrogen) atoms. The fourth-order valence-corrected chi connectivity index (χ4v) is 3.97. The van der Waals surface area contributed by atoms with Crippen LogP contribution >= 0.6 is 11.6 Å². The number of aryl methyl sites for hydroxylation is 1. The molecule has 0 aliphatic heterocycles. The van der Waals surface area contributed by atoms with Crippen LogP contribution in [0.15, 0.2) is 53.4 Å². The summed E-state index contributed by atoms with van der Waals surface area (Å²) < 4.78 is 27.1. The molecule has 0 fully saturated rings. The van der Waals surface area contributed by atoms with Gasteiger partial charge in [0.1, 0.15) is 0 Å². The molecule has 0 aliphatic carbocycles. The Hall–Kier alpha value is -1.93. The lowest BCUT2D eigenvalue weighted by atomic mass is 10.1. The summed E-state index contributed by atoms with van der Waals surface area (Å²) in [5.41, 5.74) is 3.41. The normalized spacial score (nSPS) is 11.5. The summed E-state index contributed by atoms with van der Waals surface area (Å²) in [4.78, 5) is 11.5. The van der Waals surface area contributed by atoms with Crippen LogP contribution in [0.1, 0.15) is 17.5 Å². The van der Waals surface area contributed by atoms with E-state index in [0.29, 0.717) is 11.4 Å². The molecule has 0 radical (unpaired) electrons. The maximum Gasteiger partial charge on any atom is 0.244 e. The third-order valence-corrected chi connectivity index (χ3v) is 6.10. The average Bonchev–Trinajstić information content (AvgIpc) is 2.63. The first kappa shape index (κ1) is 20.4. The molecule has 0 saturated heterocycles. The minimum atomic E-state index is -3.75. The molecule has 0 heterocycles. The lowest BCUT2D eigenvalue weighted by molar-refractivity contribution is -0.129. The van der Waals surface area contributed by atoms with Gasteiger partial charge >= 0.3 is 0 Å². The summed E-state index contributed by atoms with van der Waals surface area (Å²) in [6.07, 6.45) is 0.339. The van der Waals surface area contributed by atoms with Crippen LogP contribution in [-0.4, -0.2) is 36.9 Å². The molecule has 2 N–H and O–H groups in total. The Morgan fingerprint density at radius 2 is 1.69 bits per heavy atom. The van der Waals surface area contributed by atoms with E-state index in [2.05, 4.69) is 0 Å². The van der Waals surface area contributed by atoms with Crippen molar-refractivity contribution in [2.45, 2.75) is 24.7 Å². The zero-order chi connectivity index (χ0) is 19.2. The number of halogens is 1. The van der Waals surface area contributed by atoms with Gasteiger partial charge in [0, 0.05) is 24.5 Å². The molecular weight excluding hydrogens is 376 g/mol. The van der Waals surface area contributed by atoms with Gasteiger partial charge in [0.15, 0.2) is 0 Å². The summed E-state index contributed by atoms with van der Waals surface area (Å²) in [6.45, 7) is 2.05.